The molecule has 6 heteroatoms. The molecule has 1 amide bonds. The second-order valence-corrected chi connectivity index (χ2v) is 8.97. The first-order chi connectivity index (χ1) is 16.8. The Kier molecular flexibility index (Phi) is 6.92. The van der Waals surface area contributed by atoms with E-state index in [1.807, 2.05) is 37.3 Å². The molecule has 1 saturated heterocycles. The Bertz CT molecular complexity index is 1280. The fraction of sp³-hybridized carbons (Fsp3) is 0.241. The number of methoxy groups -OCH3 is 1. The number of rotatable bonds is 7. The van der Waals surface area contributed by atoms with Crippen LogP contribution in [0, 0.1) is 12.8 Å². The fourth-order valence-corrected chi connectivity index (χ4v) is 4.18. The highest BCUT2D eigenvalue weighted by atomic mass is 16.5. The number of hydrogen-bond donors (Lipinski definition) is 1. The molecule has 1 atom stereocenters. The predicted octanol–water partition coefficient (Wildman–Crippen LogP) is 5.66. The summed E-state index contributed by atoms with van der Waals surface area (Å²) >= 11 is 0. The molecule has 0 aliphatic carbocycles. The van der Waals surface area contributed by atoms with E-state index >= 15 is 0 Å². The van der Waals surface area contributed by atoms with Crippen molar-refractivity contribution >= 4 is 23.1 Å². The van der Waals surface area contributed by atoms with E-state index in [4.69, 9.17) is 9.47 Å². The summed E-state index contributed by atoms with van der Waals surface area (Å²) in [7, 11) is 1.54. The Morgan fingerprint density at radius 1 is 1.00 bits per heavy atom. The standard InChI is InChI=1S/C29H29NO5/c1-18(2)17-35-24-14-13-21(15-19(24)3)27(31)25-26(20-9-6-5-7-10-20)30(29(33)28(25)32)22-11-8-12-23(16-22)34-4/h5-16,18,26,31H,17H2,1-4H3/b27-25+. The molecule has 0 saturated carbocycles. The third-order valence-corrected chi connectivity index (χ3v) is 5.91. The molecule has 0 bridgehead atoms. The molecule has 1 fully saturated rings. The minimum atomic E-state index is -0.791. The lowest BCUT2D eigenvalue weighted by Gasteiger charge is -2.25. The van der Waals surface area contributed by atoms with E-state index in [0.717, 1.165) is 5.56 Å². The van der Waals surface area contributed by atoms with Crippen molar-refractivity contribution in [3.05, 3.63) is 95.1 Å². The van der Waals surface area contributed by atoms with Gasteiger partial charge in [-0.1, -0.05) is 50.2 Å². The van der Waals surface area contributed by atoms with E-state index in [9.17, 15) is 14.7 Å². The zero-order chi connectivity index (χ0) is 25.1. The summed E-state index contributed by atoms with van der Waals surface area (Å²) in [6.45, 7) is 6.60. The van der Waals surface area contributed by atoms with Gasteiger partial charge in [0.25, 0.3) is 11.7 Å². The SMILES string of the molecule is COc1cccc(N2C(=O)C(=O)/C(=C(/O)c3ccc(OCC(C)C)c(C)c3)C2c2ccccc2)c1. The molecule has 0 radical (unpaired) electrons. The molecule has 3 aromatic carbocycles. The van der Waals surface area contributed by atoms with Crippen LogP contribution in [0.15, 0.2) is 78.4 Å². The second kappa shape index (κ2) is 10.1. The number of ketones is 1. The third-order valence-electron chi connectivity index (χ3n) is 5.91. The topological polar surface area (TPSA) is 76.1 Å². The number of nitrogens with zero attached hydrogens (tertiary/aromatic N) is 1. The van der Waals surface area contributed by atoms with Crippen LogP contribution in [0.4, 0.5) is 5.69 Å². The van der Waals surface area contributed by atoms with Gasteiger partial charge in [-0.2, -0.15) is 0 Å². The number of anilines is 1. The van der Waals surface area contributed by atoms with Crippen molar-refractivity contribution in [3.63, 3.8) is 0 Å². The maximum Gasteiger partial charge on any atom is 0.300 e. The average molecular weight is 472 g/mol. The van der Waals surface area contributed by atoms with Crippen LogP contribution in [-0.2, 0) is 9.59 Å². The van der Waals surface area contributed by atoms with Crippen molar-refractivity contribution in [1.29, 1.82) is 0 Å². The lowest BCUT2D eigenvalue weighted by Crippen LogP contribution is -2.29. The number of aryl methyl sites for hydroxylation is 1. The quantitative estimate of drug-likeness (QED) is 0.273. The Morgan fingerprint density at radius 2 is 1.74 bits per heavy atom. The summed E-state index contributed by atoms with van der Waals surface area (Å²) in [5, 5.41) is 11.4. The van der Waals surface area contributed by atoms with Crippen LogP contribution in [0.1, 0.15) is 36.6 Å². The molecule has 6 nitrogen and oxygen atoms in total. The van der Waals surface area contributed by atoms with Gasteiger partial charge < -0.3 is 14.6 Å². The predicted molar refractivity (Wildman–Crippen MR) is 136 cm³/mol. The molecule has 1 aliphatic rings. The molecule has 180 valence electrons. The maximum absolute atomic E-state index is 13.3. The first-order valence-corrected chi connectivity index (χ1v) is 11.6. The van der Waals surface area contributed by atoms with Crippen LogP contribution >= 0.6 is 0 Å². The van der Waals surface area contributed by atoms with E-state index in [-0.39, 0.29) is 11.3 Å². The number of benzene rings is 3. The highest BCUT2D eigenvalue weighted by molar-refractivity contribution is 6.51. The molecular weight excluding hydrogens is 442 g/mol. The van der Waals surface area contributed by atoms with Crippen molar-refractivity contribution in [2.75, 3.05) is 18.6 Å². The summed E-state index contributed by atoms with van der Waals surface area (Å²) in [6.07, 6.45) is 0. The van der Waals surface area contributed by atoms with Crippen molar-refractivity contribution < 1.29 is 24.2 Å². The zero-order valence-electron chi connectivity index (χ0n) is 20.3. The van der Waals surface area contributed by atoms with Gasteiger partial charge >= 0.3 is 0 Å². The number of ether oxygens (including phenoxy) is 2. The van der Waals surface area contributed by atoms with Gasteiger partial charge in [0, 0.05) is 17.3 Å². The number of carbonyl (C=O) groups is 2. The molecule has 4 rings (SSSR count). The molecule has 35 heavy (non-hydrogen) atoms. The van der Waals surface area contributed by atoms with Gasteiger partial charge in [0.05, 0.1) is 25.3 Å². The van der Waals surface area contributed by atoms with Gasteiger partial charge in [-0.3, -0.25) is 14.5 Å². The number of Topliss-reactive ketones (excluding diaryl/α,β-unsaturated/α-hetero) is 1. The molecule has 3 aromatic rings. The van der Waals surface area contributed by atoms with Crippen LogP contribution in [0.25, 0.3) is 5.76 Å². The fourth-order valence-electron chi connectivity index (χ4n) is 4.18. The van der Waals surface area contributed by atoms with Gasteiger partial charge in [-0.15, -0.1) is 0 Å². The van der Waals surface area contributed by atoms with E-state index in [0.29, 0.717) is 40.8 Å². The minimum absolute atomic E-state index is 0.0410. The normalized spacial score (nSPS) is 17.2. The number of aliphatic hydroxyl groups excluding tert-OH is 1. The largest absolute Gasteiger partial charge is 0.507 e. The van der Waals surface area contributed by atoms with Gasteiger partial charge in [0.1, 0.15) is 17.3 Å². The zero-order valence-corrected chi connectivity index (χ0v) is 20.3. The molecular formula is C29H29NO5. The third kappa shape index (κ3) is 4.78. The van der Waals surface area contributed by atoms with Gasteiger partial charge in [0.15, 0.2) is 0 Å². The number of carbonyl (C=O) groups excluding carboxylic acids is 2. The second-order valence-electron chi connectivity index (χ2n) is 8.97. The van der Waals surface area contributed by atoms with Gasteiger partial charge in [0.2, 0.25) is 0 Å². The maximum atomic E-state index is 13.3. The van der Waals surface area contributed by atoms with Gasteiger partial charge in [-0.05, 0) is 54.3 Å². The Hall–Kier alpha value is -4.06. The highest BCUT2D eigenvalue weighted by Gasteiger charge is 2.47. The molecule has 1 N–H and O–H groups in total. The number of aliphatic hydroxyl groups is 1. The Labute approximate surface area is 205 Å². The van der Waals surface area contributed by atoms with Crippen molar-refractivity contribution in [2.24, 2.45) is 5.92 Å². The first kappa shape index (κ1) is 24.1. The number of amides is 1. The lowest BCUT2D eigenvalue weighted by atomic mass is 9.94. The smallest absolute Gasteiger partial charge is 0.300 e. The Balaban J connectivity index is 1.84. The molecule has 1 heterocycles. The minimum Gasteiger partial charge on any atom is -0.507 e. The summed E-state index contributed by atoms with van der Waals surface area (Å²) in [4.78, 5) is 28.0. The van der Waals surface area contributed by atoms with E-state index in [2.05, 4.69) is 13.8 Å². The van der Waals surface area contributed by atoms with Crippen molar-refractivity contribution in [1.82, 2.24) is 0 Å². The van der Waals surface area contributed by atoms with Crippen molar-refractivity contribution in [2.45, 2.75) is 26.8 Å². The molecule has 0 spiro atoms. The first-order valence-electron chi connectivity index (χ1n) is 11.6. The summed E-state index contributed by atoms with van der Waals surface area (Å²) in [6, 6.07) is 20.7. The van der Waals surface area contributed by atoms with E-state index in [1.165, 1.54) is 4.90 Å². The van der Waals surface area contributed by atoms with Crippen molar-refractivity contribution in [3.8, 4) is 11.5 Å². The summed E-state index contributed by atoms with van der Waals surface area (Å²) < 4.78 is 11.2. The van der Waals surface area contributed by atoms with Gasteiger partial charge in [-0.25, -0.2) is 0 Å². The van der Waals surface area contributed by atoms with Crippen LogP contribution in [0.3, 0.4) is 0 Å². The Morgan fingerprint density at radius 3 is 2.40 bits per heavy atom. The molecule has 0 aromatic heterocycles. The van der Waals surface area contributed by atoms with E-state index < -0.39 is 17.7 Å². The van der Waals surface area contributed by atoms with Crippen LogP contribution < -0.4 is 14.4 Å². The highest BCUT2D eigenvalue weighted by Crippen LogP contribution is 2.43. The number of hydrogen-bond acceptors (Lipinski definition) is 5. The summed E-state index contributed by atoms with van der Waals surface area (Å²) in [5.41, 5.74) is 2.54. The molecule has 1 aliphatic heterocycles. The monoisotopic (exact) mass is 471 g/mol. The average Bonchev–Trinajstić information content (AvgIpc) is 3.13. The van der Waals surface area contributed by atoms with Crippen LogP contribution in [-0.4, -0.2) is 30.5 Å². The molecule has 1 unspecified atom stereocenters. The van der Waals surface area contributed by atoms with Crippen LogP contribution in [0.2, 0.25) is 0 Å². The van der Waals surface area contributed by atoms with E-state index in [1.54, 1.807) is 49.6 Å². The summed E-state index contributed by atoms with van der Waals surface area (Å²) in [5.74, 6) is -0.0169. The lowest BCUT2D eigenvalue weighted by molar-refractivity contribution is -0.132. The van der Waals surface area contributed by atoms with Crippen LogP contribution in [0.5, 0.6) is 11.5 Å².